The Kier molecular flexibility index (Phi) is 5.99. The van der Waals surface area contributed by atoms with Gasteiger partial charge in [0.25, 0.3) is 0 Å². The number of hydrogen-bond donors (Lipinski definition) is 2. The van der Waals surface area contributed by atoms with Crippen LogP contribution in [-0.4, -0.2) is 19.0 Å². The van der Waals surface area contributed by atoms with Crippen LogP contribution in [-0.2, 0) is 11.2 Å². The number of nitrogens with two attached hydrogens (primary N) is 1. The first kappa shape index (κ1) is 13.0. The highest BCUT2D eigenvalue weighted by molar-refractivity contribution is 7.59. The molecule has 0 heterocycles. The zero-order valence-corrected chi connectivity index (χ0v) is 9.16. The third-order valence-corrected chi connectivity index (χ3v) is 1.97. The fourth-order valence-corrected chi connectivity index (χ4v) is 1.19. The highest BCUT2D eigenvalue weighted by atomic mass is 32.1. The fourth-order valence-electron chi connectivity index (χ4n) is 1.19. The molecule has 0 saturated heterocycles. The lowest BCUT2D eigenvalue weighted by Gasteiger charge is -2.11. The van der Waals surface area contributed by atoms with Crippen LogP contribution in [0.5, 0.6) is 0 Å². The Labute approximate surface area is 91.1 Å². The molecule has 0 saturated carbocycles. The normalized spacial score (nSPS) is 11.5. The number of primary amides is 1. The van der Waals surface area contributed by atoms with E-state index in [1.165, 1.54) is 0 Å². The van der Waals surface area contributed by atoms with Crippen LogP contribution < -0.4 is 11.1 Å². The molecule has 0 aliphatic carbocycles. The van der Waals surface area contributed by atoms with Crippen molar-refractivity contribution in [2.45, 2.75) is 12.5 Å². The van der Waals surface area contributed by atoms with E-state index >= 15 is 0 Å². The van der Waals surface area contributed by atoms with Crippen LogP contribution >= 0.6 is 13.5 Å². The van der Waals surface area contributed by atoms with Crippen molar-refractivity contribution in [1.29, 1.82) is 0 Å². The van der Waals surface area contributed by atoms with Gasteiger partial charge in [-0.2, -0.15) is 13.5 Å². The molecule has 0 fully saturated rings. The summed E-state index contributed by atoms with van der Waals surface area (Å²) < 4.78 is 0. The minimum atomic E-state index is -0.314. The molecule has 4 heteroatoms. The largest absolute Gasteiger partial charge is 0.368 e. The Morgan fingerprint density at radius 3 is 2.43 bits per heavy atom. The maximum absolute atomic E-state index is 10.9. The van der Waals surface area contributed by atoms with E-state index in [-0.39, 0.29) is 25.4 Å². The molecule has 1 aromatic carbocycles. The molecule has 0 aliphatic rings. The summed E-state index contributed by atoms with van der Waals surface area (Å²) in [4.78, 5) is 10.9. The number of carbonyl (C=O) groups is 1. The molecule has 14 heavy (non-hydrogen) atoms. The number of benzene rings is 1. The van der Waals surface area contributed by atoms with E-state index in [1.54, 1.807) is 7.05 Å². The quantitative estimate of drug-likeness (QED) is 0.760. The standard InChI is InChI=1S/C10H14N2O.H2S/c1-12-9(10(11)13)7-8-5-3-2-4-6-8;/h2-6,9,12H,7H2,1H3,(H2,11,13);1H2/t9-;/m0./s1. The molecule has 3 N–H and O–H groups in total. The molecule has 0 radical (unpaired) electrons. The van der Waals surface area contributed by atoms with Gasteiger partial charge in [0, 0.05) is 0 Å². The summed E-state index contributed by atoms with van der Waals surface area (Å²) in [7, 11) is 1.73. The SMILES string of the molecule is CN[C@@H](Cc1ccccc1)C(N)=O.S. The van der Waals surface area contributed by atoms with Gasteiger partial charge >= 0.3 is 0 Å². The summed E-state index contributed by atoms with van der Waals surface area (Å²) in [5.74, 6) is -0.314. The lowest BCUT2D eigenvalue weighted by molar-refractivity contribution is -0.119. The molecule has 0 aliphatic heterocycles. The molecule has 0 unspecified atom stereocenters. The molecular formula is C10H16N2OS. The van der Waals surface area contributed by atoms with Crippen LogP contribution in [0, 0.1) is 0 Å². The summed E-state index contributed by atoms with van der Waals surface area (Å²) in [5.41, 5.74) is 6.31. The number of rotatable bonds is 4. The Bertz CT molecular complexity index is 277. The zero-order valence-electron chi connectivity index (χ0n) is 8.16. The van der Waals surface area contributed by atoms with Crippen LogP contribution in [0.25, 0.3) is 0 Å². The van der Waals surface area contributed by atoms with E-state index in [4.69, 9.17) is 5.73 Å². The Morgan fingerprint density at radius 1 is 1.43 bits per heavy atom. The Hall–Kier alpha value is -1.00. The maximum Gasteiger partial charge on any atom is 0.234 e. The summed E-state index contributed by atoms with van der Waals surface area (Å²) in [5, 5.41) is 2.88. The monoisotopic (exact) mass is 212 g/mol. The van der Waals surface area contributed by atoms with Gasteiger partial charge in [-0.05, 0) is 19.0 Å². The smallest absolute Gasteiger partial charge is 0.234 e. The summed E-state index contributed by atoms with van der Waals surface area (Å²) in [6, 6.07) is 9.52. The topological polar surface area (TPSA) is 55.1 Å². The number of carbonyl (C=O) groups excluding carboxylic acids is 1. The molecule has 1 atom stereocenters. The average Bonchev–Trinajstić information content (AvgIpc) is 2.15. The Morgan fingerprint density at radius 2 is 2.00 bits per heavy atom. The molecule has 78 valence electrons. The maximum atomic E-state index is 10.9. The molecule has 0 aromatic heterocycles. The predicted octanol–water partition coefficient (Wildman–Crippen LogP) is 0.415. The van der Waals surface area contributed by atoms with Crippen LogP contribution in [0.4, 0.5) is 0 Å². The number of amides is 1. The highest BCUT2D eigenvalue weighted by Gasteiger charge is 2.12. The van der Waals surface area contributed by atoms with Crippen molar-refractivity contribution in [3.05, 3.63) is 35.9 Å². The van der Waals surface area contributed by atoms with Crippen molar-refractivity contribution in [3.8, 4) is 0 Å². The third-order valence-electron chi connectivity index (χ3n) is 1.97. The number of likely N-dealkylation sites (N-methyl/N-ethyl adjacent to an activating group) is 1. The molecule has 3 nitrogen and oxygen atoms in total. The number of nitrogens with one attached hydrogen (secondary N) is 1. The summed E-state index contributed by atoms with van der Waals surface area (Å²) >= 11 is 0. The lowest BCUT2D eigenvalue weighted by atomic mass is 10.1. The van der Waals surface area contributed by atoms with Crippen LogP contribution in [0.2, 0.25) is 0 Å². The van der Waals surface area contributed by atoms with Crippen LogP contribution in [0.1, 0.15) is 5.56 Å². The van der Waals surface area contributed by atoms with E-state index in [0.29, 0.717) is 6.42 Å². The lowest BCUT2D eigenvalue weighted by Crippen LogP contribution is -2.40. The van der Waals surface area contributed by atoms with Gasteiger partial charge in [0.1, 0.15) is 0 Å². The first-order valence-electron chi connectivity index (χ1n) is 4.24. The van der Waals surface area contributed by atoms with Gasteiger partial charge in [-0.1, -0.05) is 30.3 Å². The van der Waals surface area contributed by atoms with Crippen molar-refractivity contribution in [1.82, 2.24) is 5.32 Å². The molecular weight excluding hydrogens is 196 g/mol. The van der Waals surface area contributed by atoms with Gasteiger partial charge in [-0.25, -0.2) is 0 Å². The van der Waals surface area contributed by atoms with Crippen molar-refractivity contribution in [3.63, 3.8) is 0 Å². The van der Waals surface area contributed by atoms with Crippen molar-refractivity contribution in [2.75, 3.05) is 7.05 Å². The molecule has 1 amide bonds. The van der Waals surface area contributed by atoms with E-state index in [9.17, 15) is 4.79 Å². The van der Waals surface area contributed by atoms with Crippen LogP contribution in [0.15, 0.2) is 30.3 Å². The van der Waals surface area contributed by atoms with E-state index < -0.39 is 0 Å². The van der Waals surface area contributed by atoms with Gasteiger partial charge in [-0.3, -0.25) is 4.79 Å². The average molecular weight is 212 g/mol. The second kappa shape index (κ2) is 6.45. The summed E-state index contributed by atoms with van der Waals surface area (Å²) in [6.45, 7) is 0. The number of hydrogen-bond acceptors (Lipinski definition) is 2. The van der Waals surface area contributed by atoms with Gasteiger partial charge in [0.2, 0.25) is 5.91 Å². The van der Waals surface area contributed by atoms with E-state index in [2.05, 4.69) is 5.32 Å². The first-order valence-corrected chi connectivity index (χ1v) is 4.24. The second-order valence-electron chi connectivity index (χ2n) is 2.93. The zero-order chi connectivity index (χ0) is 9.68. The molecule has 1 rings (SSSR count). The van der Waals surface area contributed by atoms with Crippen LogP contribution in [0.3, 0.4) is 0 Å². The Balaban J connectivity index is 0.00000169. The van der Waals surface area contributed by atoms with Crippen molar-refractivity contribution in [2.24, 2.45) is 5.73 Å². The van der Waals surface area contributed by atoms with Gasteiger partial charge in [-0.15, -0.1) is 0 Å². The minimum absolute atomic E-state index is 0. The van der Waals surface area contributed by atoms with Gasteiger partial charge in [0.05, 0.1) is 6.04 Å². The molecule has 0 spiro atoms. The summed E-state index contributed by atoms with van der Waals surface area (Å²) in [6.07, 6.45) is 0.646. The van der Waals surface area contributed by atoms with E-state index in [1.807, 2.05) is 30.3 Å². The van der Waals surface area contributed by atoms with Gasteiger partial charge in [0.15, 0.2) is 0 Å². The third kappa shape index (κ3) is 3.81. The van der Waals surface area contributed by atoms with E-state index in [0.717, 1.165) is 5.56 Å². The van der Waals surface area contributed by atoms with Gasteiger partial charge < -0.3 is 11.1 Å². The predicted molar refractivity (Wildman–Crippen MR) is 62.6 cm³/mol. The highest BCUT2D eigenvalue weighted by Crippen LogP contribution is 2.02. The molecule has 0 bridgehead atoms. The first-order chi connectivity index (χ1) is 6.24. The fraction of sp³-hybridized carbons (Fsp3) is 0.300. The minimum Gasteiger partial charge on any atom is -0.368 e. The second-order valence-corrected chi connectivity index (χ2v) is 2.93. The van der Waals surface area contributed by atoms with Crippen molar-refractivity contribution < 1.29 is 4.79 Å². The van der Waals surface area contributed by atoms with Crippen molar-refractivity contribution >= 4 is 19.4 Å². The molecule has 1 aromatic rings.